The van der Waals surface area contributed by atoms with E-state index in [2.05, 4.69) is 5.32 Å². The van der Waals surface area contributed by atoms with E-state index in [1.54, 1.807) is 12.1 Å². The van der Waals surface area contributed by atoms with Crippen LogP contribution in [0.15, 0.2) is 42.5 Å². The van der Waals surface area contributed by atoms with Gasteiger partial charge in [-0.1, -0.05) is 47.5 Å². The van der Waals surface area contributed by atoms with Crippen LogP contribution in [-0.4, -0.2) is 7.05 Å². The van der Waals surface area contributed by atoms with Gasteiger partial charge in [-0.25, -0.2) is 0 Å². The van der Waals surface area contributed by atoms with E-state index in [4.69, 9.17) is 27.9 Å². The highest BCUT2D eigenvalue weighted by Crippen LogP contribution is 2.35. The molecule has 0 spiro atoms. The third-order valence-corrected chi connectivity index (χ3v) is 3.07. The molecule has 2 aromatic carbocycles. The van der Waals surface area contributed by atoms with Gasteiger partial charge in [-0.3, -0.25) is 0 Å². The number of hydrogen-bond donors (Lipinski definition) is 1. The molecule has 0 amide bonds. The van der Waals surface area contributed by atoms with Crippen LogP contribution in [0.25, 0.3) is 0 Å². The van der Waals surface area contributed by atoms with Crippen LogP contribution < -0.4 is 10.1 Å². The second-order valence-corrected chi connectivity index (χ2v) is 4.61. The zero-order chi connectivity index (χ0) is 13.0. The van der Waals surface area contributed by atoms with E-state index in [1.165, 1.54) is 0 Å². The van der Waals surface area contributed by atoms with Gasteiger partial charge in [0, 0.05) is 12.1 Å². The van der Waals surface area contributed by atoms with Gasteiger partial charge in [0.25, 0.3) is 0 Å². The molecule has 4 heteroatoms. The first-order valence-corrected chi connectivity index (χ1v) is 6.32. The van der Waals surface area contributed by atoms with Gasteiger partial charge >= 0.3 is 0 Å². The van der Waals surface area contributed by atoms with Gasteiger partial charge in [0.2, 0.25) is 0 Å². The molecule has 2 rings (SSSR count). The van der Waals surface area contributed by atoms with Crippen molar-refractivity contribution in [3.63, 3.8) is 0 Å². The van der Waals surface area contributed by atoms with Crippen LogP contribution in [0.4, 0.5) is 0 Å². The fourth-order valence-corrected chi connectivity index (χ4v) is 2.04. The Morgan fingerprint density at radius 1 is 1.00 bits per heavy atom. The fraction of sp³-hybridized carbons (Fsp3) is 0.143. The van der Waals surface area contributed by atoms with Gasteiger partial charge in [-0.2, -0.15) is 0 Å². The number of rotatable bonds is 4. The largest absolute Gasteiger partial charge is 0.454 e. The summed E-state index contributed by atoms with van der Waals surface area (Å²) in [4.78, 5) is 0. The maximum absolute atomic E-state index is 6.17. The average Bonchev–Trinajstić information content (AvgIpc) is 2.36. The molecule has 0 atom stereocenters. The summed E-state index contributed by atoms with van der Waals surface area (Å²) < 4.78 is 5.82. The van der Waals surface area contributed by atoms with Gasteiger partial charge in [-0.05, 0) is 25.2 Å². The Morgan fingerprint density at radius 2 is 1.72 bits per heavy atom. The number of benzene rings is 2. The monoisotopic (exact) mass is 281 g/mol. The number of halogens is 2. The van der Waals surface area contributed by atoms with Crippen molar-refractivity contribution in [2.75, 3.05) is 7.05 Å². The summed E-state index contributed by atoms with van der Waals surface area (Å²) in [7, 11) is 1.88. The summed E-state index contributed by atoms with van der Waals surface area (Å²) >= 11 is 12.2. The van der Waals surface area contributed by atoms with E-state index >= 15 is 0 Å². The Hall–Kier alpha value is -1.22. The predicted molar refractivity (Wildman–Crippen MR) is 75.7 cm³/mol. The second-order valence-electron chi connectivity index (χ2n) is 3.79. The van der Waals surface area contributed by atoms with Crippen LogP contribution in [0.5, 0.6) is 11.5 Å². The molecule has 0 bridgehead atoms. The van der Waals surface area contributed by atoms with Gasteiger partial charge in [0.05, 0.1) is 10.0 Å². The van der Waals surface area contributed by atoms with Crippen molar-refractivity contribution in [2.24, 2.45) is 0 Å². The number of hydrogen-bond acceptors (Lipinski definition) is 2. The molecule has 0 unspecified atom stereocenters. The second kappa shape index (κ2) is 6.10. The van der Waals surface area contributed by atoms with Crippen LogP contribution in [0.2, 0.25) is 10.0 Å². The van der Waals surface area contributed by atoms with Crippen molar-refractivity contribution in [1.82, 2.24) is 5.32 Å². The fourth-order valence-electron chi connectivity index (χ4n) is 1.63. The molecular formula is C14H13Cl2NO. The molecule has 0 aliphatic carbocycles. The zero-order valence-electron chi connectivity index (χ0n) is 9.91. The lowest BCUT2D eigenvalue weighted by Crippen LogP contribution is -2.06. The molecule has 0 fully saturated rings. The third kappa shape index (κ3) is 2.96. The zero-order valence-corrected chi connectivity index (χ0v) is 11.4. The molecule has 0 aromatic heterocycles. The minimum absolute atomic E-state index is 0.563. The smallest absolute Gasteiger partial charge is 0.150 e. The van der Waals surface area contributed by atoms with E-state index in [1.807, 2.05) is 37.4 Å². The van der Waals surface area contributed by atoms with Crippen molar-refractivity contribution < 1.29 is 4.74 Å². The Kier molecular flexibility index (Phi) is 4.48. The molecule has 0 saturated heterocycles. The minimum Gasteiger partial charge on any atom is -0.454 e. The summed E-state index contributed by atoms with van der Waals surface area (Å²) in [6.07, 6.45) is 0. The number of ether oxygens (including phenoxy) is 1. The Balaban J connectivity index is 2.36. The summed E-state index contributed by atoms with van der Waals surface area (Å²) in [6.45, 7) is 0.681. The van der Waals surface area contributed by atoms with Crippen molar-refractivity contribution >= 4 is 23.2 Å². The quantitative estimate of drug-likeness (QED) is 0.891. The molecule has 2 aromatic rings. The Morgan fingerprint density at radius 3 is 2.44 bits per heavy atom. The summed E-state index contributed by atoms with van der Waals surface area (Å²) in [6, 6.07) is 13.0. The predicted octanol–water partition coefficient (Wildman–Crippen LogP) is 4.51. The number of nitrogens with one attached hydrogen (secondary N) is 1. The van der Waals surface area contributed by atoms with Gasteiger partial charge in [0.15, 0.2) is 5.75 Å². The number of para-hydroxylation sites is 2. The minimum atomic E-state index is 0.563. The van der Waals surface area contributed by atoms with Crippen LogP contribution in [0, 0.1) is 0 Å². The van der Waals surface area contributed by atoms with Crippen LogP contribution in [0.1, 0.15) is 5.56 Å². The maximum atomic E-state index is 6.17. The average molecular weight is 282 g/mol. The first-order chi connectivity index (χ1) is 8.72. The topological polar surface area (TPSA) is 21.3 Å². The SMILES string of the molecule is CNCc1cccc(Cl)c1Oc1ccccc1Cl. The lowest BCUT2D eigenvalue weighted by molar-refractivity contribution is 0.475. The highest BCUT2D eigenvalue weighted by Gasteiger charge is 2.10. The van der Waals surface area contributed by atoms with Crippen LogP contribution >= 0.6 is 23.2 Å². The summed E-state index contributed by atoms with van der Waals surface area (Å²) in [5.74, 6) is 1.24. The normalized spacial score (nSPS) is 10.4. The van der Waals surface area contributed by atoms with Gasteiger partial charge in [0.1, 0.15) is 5.75 Å². The van der Waals surface area contributed by atoms with Gasteiger partial charge in [-0.15, -0.1) is 0 Å². The Bertz CT molecular complexity index is 543. The first-order valence-electron chi connectivity index (χ1n) is 5.56. The maximum Gasteiger partial charge on any atom is 0.150 e. The third-order valence-electron chi connectivity index (χ3n) is 2.46. The molecule has 0 aliphatic rings. The lowest BCUT2D eigenvalue weighted by atomic mass is 10.2. The van der Waals surface area contributed by atoms with E-state index < -0.39 is 0 Å². The standard InChI is InChI=1S/C14H13Cl2NO/c1-17-9-10-5-4-7-12(16)14(10)18-13-8-3-2-6-11(13)15/h2-8,17H,9H2,1H3. The molecular weight excluding hydrogens is 269 g/mol. The highest BCUT2D eigenvalue weighted by atomic mass is 35.5. The molecule has 0 saturated carbocycles. The molecule has 18 heavy (non-hydrogen) atoms. The van der Waals surface area contributed by atoms with E-state index in [0.29, 0.717) is 28.1 Å². The van der Waals surface area contributed by atoms with Gasteiger partial charge < -0.3 is 10.1 Å². The van der Waals surface area contributed by atoms with Crippen LogP contribution in [0.3, 0.4) is 0 Å². The highest BCUT2D eigenvalue weighted by molar-refractivity contribution is 6.33. The molecule has 94 valence electrons. The molecule has 0 aliphatic heterocycles. The van der Waals surface area contributed by atoms with E-state index in [9.17, 15) is 0 Å². The van der Waals surface area contributed by atoms with Crippen molar-refractivity contribution in [2.45, 2.75) is 6.54 Å². The van der Waals surface area contributed by atoms with Crippen molar-refractivity contribution in [3.05, 3.63) is 58.1 Å². The van der Waals surface area contributed by atoms with Crippen LogP contribution in [-0.2, 0) is 6.54 Å². The van der Waals surface area contributed by atoms with Crippen molar-refractivity contribution in [3.8, 4) is 11.5 Å². The molecule has 0 heterocycles. The van der Waals surface area contributed by atoms with E-state index in [-0.39, 0.29) is 0 Å². The first kappa shape index (κ1) is 13.2. The summed E-state index contributed by atoms with van der Waals surface area (Å²) in [5.41, 5.74) is 0.991. The molecule has 0 radical (unpaired) electrons. The van der Waals surface area contributed by atoms with E-state index in [0.717, 1.165) is 5.56 Å². The van der Waals surface area contributed by atoms with Crippen molar-refractivity contribution in [1.29, 1.82) is 0 Å². The summed E-state index contributed by atoms with van der Waals surface area (Å²) in [5, 5.41) is 4.22. The lowest BCUT2D eigenvalue weighted by Gasteiger charge is -2.13. The molecule has 2 nitrogen and oxygen atoms in total. The molecule has 1 N–H and O–H groups in total. The Labute approximate surface area is 116 Å².